The molecule has 2 fully saturated rings. The van der Waals surface area contributed by atoms with E-state index in [1.54, 1.807) is 7.11 Å². The monoisotopic (exact) mass is 488 g/mol. The molecule has 1 aromatic rings. The molecular formula is C32H40O4. The van der Waals surface area contributed by atoms with E-state index in [4.69, 9.17) is 4.74 Å². The minimum Gasteiger partial charge on any atom is -0.389 e. The third kappa shape index (κ3) is 3.92. The van der Waals surface area contributed by atoms with Crippen LogP contribution in [-0.2, 0) is 14.9 Å². The first-order valence-corrected chi connectivity index (χ1v) is 13.5. The number of aliphatic hydroxyl groups excluding tert-OH is 1. The van der Waals surface area contributed by atoms with Gasteiger partial charge in [-0.1, -0.05) is 69.4 Å². The van der Waals surface area contributed by atoms with Gasteiger partial charge in [-0.15, -0.1) is 0 Å². The normalized spacial score (nSPS) is 35.9. The Labute approximate surface area is 215 Å². The third-order valence-corrected chi connectivity index (χ3v) is 9.63. The van der Waals surface area contributed by atoms with Crippen molar-refractivity contribution in [3.8, 4) is 11.8 Å². The van der Waals surface area contributed by atoms with Crippen LogP contribution in [0.5, 0.6) is 0 Å². The maximum atomic E-state index is 12.3. The number of carbonyl (C=O) groups excluding carboxylic acids is 1. The second-order valence-electron chi connectivity index (χ2n) is 12.6. The number of carbonyl (C=O) groups is 1. The van der Waals surface area contributed by atoms with Crippen molar-refractivity contribution in [3.63, 3.8) is 0 Å². The molecule has 0 spiro atoms. The van der Waals surface area contributed by atoms with Gasteiger partial charge in [0.25, 0.3) is 0 Å². The number of rotatable bonds is 2. The van der Waals surface area contributed by atoms with Gasteiger partial charge >= 0.3 is 0 Å². The maximum Gasteiger partial charge on any atom is 0.156 e. The molecule has 0 radical (unpaired) electrons. The molecule has 36 heavy (non-hydrogen) atoms. The number of benzene rings is 1. The highest BCUT2D eigenvalue weighted by Crippen LogP contribution is 2.66. The van der Waals surface area contributed by atoms with Crippen molar-refractivity contribution in [3.05, 3.63) is 58.2 Å². The zero-order valence-corrected chi connectivity index (χ0v) is 22.4. The topological polar surface area (TPSA) is 66.8 Å². The van der Waals surface area contributed by atoms with E-state index < -0.39 is 17.1 Å². The fourth-order valence-corrected chi connectivity index (χ4v) is 7.66. The van der Waals surface area contributed by atoms with Gasteiger partial charge in [-0.3, -0.25) is 4.79 Å². The Kier molecular flexibility index (Phi) is 6.35. The molecule has 4 aliphatic rings. The Bertz CT molecular complexity index is 1170. The van der Waals surface area contributed by atoms with Gasteiger partial charge < -0.3 is 14.9 Å². The highest BCUT2D eigenvalue weighted by atomic mass is 16.5. The summed E-state index contributed by atoms with van der Waals surface area (Å²) in [6, 6.07) is 8.99. The lowest BCUT2D eigenvalue weighted by atomic mass is 9.51. The predicted octanol–water partition coefficient (Wildman–Crippen LogP) is 5.24. The van der Waals surface area contributed by atoms with Gasteiger partial charge in [0.05, 0.1) is 6.10 Å². The smallest absolute Gasteiger partial charge is 0.156 e. The van der Waals surface area contributed by atoms with Gasteiger partial charge in [-0.2, -0.15) is 0 Å². The van der Waals surface area contributed by atoms with E-state index in [1.807, 2.05) is 6.08 Å². The third-order valence-electron chi connectivity index (χ3n) is 9.63. The average molecular weight is 489 g/mol. The van der Waals surface area contributed by atoms with Crippen LogP contribution in [0.1, 0.15) is 83.3 Å². The molecule has 192 valence electrons. The molecule has 4 heteroatoms. The minimum absolute atomic E-state index is 0.0732. The molecule has 0 heterocycles. The maximum absolute atomic E-state index is 12.3. The van der Waals surface area contributed by atoms with Crippen molar-refractivity contribution < 1.29 is 19.7 Å². The van der Waals surface area contributed by atoms with E-state index in [-0.39, 0.29) is 35.6 Å². The van der Waals surface area contributed by atoms with Crippen LogP contribution in [0.25, 0.3) is 0 Å². The zero-order chi connectivity index (χ0) is 25.9. The van der Waals surface area contributed by atoms with Crippen LogP contribution in [-0.4, -0.2) is 41.4 Å². The lowest BCUT2D eigenvalue weighted by Crippen LogP contribution is -2.54. The summed E-state index contributed by atoms with van der Waals surface area (Å²) < 4.78 is 5.13. The van der Waals surface area contributed by atoms with Crippen molar-refractivity contribution in [1.29, 1.82) is 0 Å². The number of hydrogen-bond acceptors (Lipinski definition) is 4. The molecule has 6 atom stereocenters. The van der Waals surface area contributed by atoms with E-state index in [0.29, 0.717) is 12.8 Å². The van der Waals surface area contributed by atoms with Crippen LogP contribution in [0, 0.1) is 29.1 Å². The summed E-state index contributed by atoms with van der Waals surface area (Å²) in [5, 5.41) is 23.2. The Hall–Kier alpha value is -2.19. The summed E-state index contributed by atoms with van der Waals surface area (Å²) in [5.41, 5.74) is 4.62. The van der Waals surface area contributed by atoms with Crippen molar-refractivity contribution in [2.24, 2.45) is 17.3 Å². The van der Waals surface area contributed by atoms with Crippen molar-refractivity contribution in [1.82, 2.24) is 0 Å². The second-order valence-corrected chi connectivity index (χ2v) is 12.6. The summed E-state index contributed by atoms with van der Waals surface area (Å²) in [7, 11) is 1.59. The first-order valence-electron chi connectivity index (χ1n) is 13.5. The van der Waals surface area contributed by atoms with Gasteiger partial charge in [-0.25, -0.2) is 0 Å². The first-order chi connectivity index (χ1) is 17.0. The number of methoxy groups -OCH3 is 1. The lowest BCUT2D eigenvalue weighted by Gasteiger charge is -2.53. The molecule has 1 aromatic carbocycles. The number of fused-ring (bicyclic) bond motifs is 4. The standard InChI is InChI=1S/C32H40O4/c1-30(2,3)22-10-7-20(8-11-22)26-19-31(4)27(18-28(34)32(31,35)15-6-16-36-5)25-13-9-21-17-23(33)12-14-24(21)29(25)26/h7-8,10-11,17,25-28,34-35H,9,12-14,16,18-19H2,1-5H3/t25-,26?,27-,28?,31-,32?/m0/s1. The van der Waals surface area contributed by atoms with Crippen LogP contribution in [0.4, 0.5) is 0 Å². The fraction of sp³-hybridized carbons (Fsp3) is 0.594. The molecule has 0 saturated heterocycles. The Balaban J connectivity index is 1.66. The van der Waals surface area contributed by atoms with Gasteiger partial charge in [0, 0.05) is 24.9 Å². The first kappa shape index (κ1) is 25.5. The quantitative estimate of drug-likeness (QED) is 0.559. The molecule has 0 bridgehead atoms. The number of allylic oxidation sites excluding steroid dienone is 4. The van der Waals surface area contributed by atoms with Crippen LogP contribution in [0.2, 0.25) is 0 Å². The van der Waals surface area contributed by atoms with Gasteiger partial charge in [0.1, 0.15) is 6.61 Å². The van der Waals surface area contributed by atoms with Crippen molar-refractivity contribution in [2.75, 3.05) is 13.7 Å². The summed E-state index contributed by atoms with van der Waals surface area (Å²) in [5.74, 6) is 6.80. The molecule has 2 saturated carbocycles. The van der Waals surface area contributed by atoms with Crippen molar-refractivity contribution in [2.45, 2.75) is 89.3 Å². The number of ether oxygens (including phenoxy) is 1. The van der Waals surface area contributed by atoms with Crippen LogP contribution >= 0.6 is 0 Å². The minimum atomic E-state index is -1.48. The van der Waals surface area contributed by atoms with Crippen LogP contribution in [0.3, 0.4) is 0 Å². The van der Waals surface area contributed by atoms with Gasteiger partial charge in [0.15, 0.2) is 11.4 Å². The molecule has 0 aliphatic heterocycles. The zero-order valence-electron chi connectivity index (χ0n) is 22.4. The largest absolute Gasteiger partial charge is 0.389 e. The molecular weight excluding hydrogens is 448 g/mol. The van der Waals surface area contributed by atoms with E-state index >= 15 is 0 Å². The van der Waals surface area contributed by atoms with E-state index in [1.165, 1.54) is 27.8 Å². The Morgan fingerprint density at radius 1 is 1.14 bits per heavy atom. The Morgan fingerprint density at radius 3 is 2.53 bits per heavy atom. The number of aliphatic hydroxyl groups is 2. The molecule has 5 rings (SSSR count). The average Bonchev–Trinajstić information content (AvgIpc) is 3.03. The van der Waals surface area contributed by atoms with Gasteiger partial charge in [-0.05, 0) is 77.7 Å². The fourth-order valence-electron chi connectivity index (χ4n) is 7.66. The number of ketones is 1. The number of hydrogen-bond donors (Lipinski definition) is 2. The molecule has 2 N–H and O–H groups in total. The molecule has 3 unspecified atom stereocenters. The highest BCUT2D eigenvalue weighted by molar-refractivity contribution is 5.93. The SMILES string of the molecule is COCC#CC1(O)C(O)C[C@H]2[C@@H]3CCC4=CC(=O)CCC4=C3C(c3ccc(C(C)(C)C)cc3)C[C@@]21C. The van der Waals surface area contributed by atoms with E-state index in [2.05, 4.69) is 63.8 Å². The predicted molar refractivity (Wildman–Crippen MR) is 141 cm³/mol. The molecule has 0 aromatic heterocycles. The van der Waals surface area contributed by atoms with Crippen molar-refractivity contribution >= 4 is 5.78 Å². The van der Waals surface area contributed by atoms with Gasteiger partial charge in [0.2, 0.25) is 0 Å². The van der Waals surface area contributed by atoms with Crippen LogP contribution in [0.15, 0.2) is 47.1 Å². The summed E-state index contributed by atoms with van der Waals surface area (Å²) in [4.78, 5) is 12.3. The summed E-state index contributed by atoms with van der Waals surface area (Å²) >= 11 is 0. The highest BCUT2D eigenvalue weighted by Gasteiger charge is 2.66. The lowest BCUT2D eigenvalue weighted by molar-refractivity contribution is -0.114. The Morgan fingerprint density at radius 2 is 1.86 bits per heavy atom. The van der Waals surface area contributed by atoms with E-state index in [9.17, 15) is 15.0 Å². The van der Waals surface area contributed by atoms with Crippen LogP contribution < -0.4 is 0 Å². The molecule has 4 aliphatic carbocycles. The summed E-state index contributed by atoms with van der Waals surface area (Å²) in [6.45, 7) is 9.05. The molecule has 0 amide bonds. The van der Waals surface area contributed by atoms with E-state index in [0.717, 1.165) is 25.7 Å². The summed E-state index contributed by atoms with van der Waals surface area (Å²) in [6.07, 6.45) is 5.46. The molecule has 4 nitrogen and oxygen atoms in total. The second kappa shape index (κ2) is 8.98.